The van der Waals surface area contributed by atoms with Crippen LogP contribution >= 0.6 is 23.2 Å². The third-order valence-electron chi connectivity index (χ3n) is 1.51. The Bertz CT molecular complexity index is 339. The van der Waals surface area contributed by atoms with E-state index in [-0.39, 0.29) is 11.6 Å². The molecule has 0 atom stereocenters. The molecule has 0 heterocycles. The van der Waals surface area contributed by atoms with Gasteiger partial charge in [-0.3, -0.25) is 0 Å². The van der Waals surface area contributed by atoms with E-state index in [2.05, 4.69) is 6.58 Å². The lowest BCUT2D eigenvalue weighted by Crippen LogP contribution is -2.01. The first kappa shape index (κ1) is 11.3. The molecule has 1 nitrogen and oxygen atoms in total. The van der Waals surface area contributed by atoms with Crippen LogP contribution in [0.3, 0.4) is 0 Å². The van der Waals surface area contributed by atoms with Crippen LogP contribution in [-0.4, -0.2) is 12.5 Å². The fourth-order valence-corrected chi connectivity index (χ4v) is 1.11. The largest absolute Gasteiger partial charge is 0.488 e. The zero-order chi connectivity index (χ0) is 10.6. The molecule has 1 rings (SSSR count). The van der Waals surface area contributed by atoms with Gasteiger partial charge in [-0.25, -0.2) is 4.39 Å². The van der Waals surface area contributed by atoms with Crippen molar-refractivity contribution in [3.8, 4) is 5.75 Å². The average molecular weight is 235 g/mol. The number of alkyl halides is 1. The molecule has 0 aliphatic rings. The van der Waals surface area contributed by atoms with Gasteiger partial charge in [0.1, 0.15) is 18.2 Å². The van der Waals surface area contributed by atoms with Crippen molar-refractivity contribution in [3.63, 3.8) is 0 Å². The van der Waals surface area contributed by atoms with E-state index in [0.717, 1.165) is 5.57 Å². The second-order valence-electron chi connectivity index (χ2n) is 2.75. The second-order valence-corrected chi connectivity index (χ2v) is 3.42. The summed E-state index contributed by atoms with van der Waals surface area (Å²) < 4.78 is 17.9. The molecule has 0 unspecified atom stereocenters. The normalized spacial score (nSPS) is 9.93. The maximum absolute atomic E-state index is 12.6. The van der Waals surface area contributed by atoms with Gasteiger partial charge in [0, 0.05) is 5.88 Å². The minimum absolute atomic E-state index is 0.243. The molecule has 0 fully saturated rings. The van der Waals surface area contributed by atoms with Gasteiger partial charge in [-0.1, -0.05) is 18.2 Å². The minimum atomic E-state index is -0.390. The number of hydrogen-bond acceptors (Lipinski definition) is 1. The molecule has 0 aliphatic carbocycles. The highest BCUT2D eigenvalue weighted by Gasteiger charge is 2.03. The average Bonchev–Trinajstić information content (AvgIpc) is 2.16. The molecule has 0 bridgehead atoms. The van der Waals surface area contributed by atoms with E-state index in [1.165, 1.54) is 18.2 Å². The van der Waals surface area contributed by atoms with Crippen molar-refractivity contribution in [2.24, 2.45) is 0 Å². The van der Waals surface area contributed by atoms with Crippen molar-refractivity contribution in [3.05, 3.63) is 41.2 Å². The number of rotatable bonds is 4. The summed E-state index contributed by atoms with van der Waals surface area (Å²) in [5, 5.41) is 0.243. The standard InChI is InChI=1S/C10H9Cl2FO/c1-7(5-11)6-14-10-3-2-8(13)4-9(10)12/h2-4H,1,5-6H2. The predicted octanol–water partition coefficient (Wildman–Crippen LogP) is 3.65. The van der Waals surface area contributed by atoms with Gasteiger partial charge >= 0.3 is 0 Å². The van der Waals surface area contributed by atoms with Gasteiger partial charge in [0.2, 0.25) is 0 Å². The molecule has 4 heteroatoms. The molecule has 0 saturated carbocycles. The molecular formula is C10H9Cl2FO. The molecular weight excluding hydrogens is 226 g/mol. The molecule has 1 aromatic carbocycles. The first-order chi connectivity index (χ1) is 6.63. The van der Waals surface area contributed by atoms with Crippen LogP contribution in [0.15, 0.2) is 30.4 Å². The Morgan fingerprint density at radius 2 is 2.21 bits per heavy atom. The summed E-state index contributed by atoms with van der Waals surface area (Å²) in [6.45, 7) is 3.95. The number of ether oxygens (including phenoxy) is 1. The highest BCUT2D eigenvalue weighted by molar-refractivity contribution is 6.32. The van der Waals surface area contributed by atoms with Crippen LogP contribution in [0.2, 0.25) is 5.02 Å². The fraction of sp³-hybridized carbons (Fsp3) is 0.200. The van der Waals surface area contributed by atoms with Crippen LogP contribution in [0.4, 0.5) is 4.39 Å². The maximum atomic E-state index is 12.6. The molecule has 0 amide bonds. The van der Waals surface area contributed by atoms with Gasteiger partial charge in [-0.2, -0.15) is 0 Å². The summed E-state index contributed by atoms with van der Waals surface area (Å²) in [4.78, 5) is 0. The predicted molar refractivity (Wildman–Crippen MR) is 56.8 cm³/mol. The van der Waals surface area contributed by atoms with Crippen molar-refractivity contribution < 1.29 is 9.13 Å². The molecule has 14 heavy (non-hydrogen) atoms. The first-order valence-corrected chi connectivity index (χ1v) is 4.85. The first-order valence-electron chi connectivity index (χ1n) is 3.94. The Balaban J connectivity index is 2.63. The Labute approximate surface area is 92.1 Å². The molecule has 0 saturated heterocycles. The van der Waals surface area contributed by atoms with Crippen LogP contribution in [0.5, 0.6) is 5.75 Å². The quantitative estimate of drug-likeness (QED) is 0.571. The van der Waals surface area contributed by atoms with Gasteiger partial charge in [-0.05, 0) is 23.8 Å². The van der Waals surface area contributed by atoms with E-state index < -0.39 is 5.82 Å². The van der Waals surface area contributed by atoms with E-state index in [9.17, 15) is 4.39 Å². The molecule has 0 aromatic heterocycles. The summed E-state index contributed by atoms with van der Waals surface area (Å²) in [6.07, 6.45) is 0. The smallest absolute Gasteiger partial charge is 0.138 e. The maximum Gasteiger partial charge on any atom is 0.138 e. The lowest BCUT2D eigenvalue weighted by atomic mass is 10.3. The molecule has 76 valence electrons. The minimum Gasteiger partial charge on any atom is -0.488 e. The summed E-state index contributed by atoms with van der Waals surface area (Å²) >= 11 is 11.2. The molecule has 0 N–H and O–H groups in total. The molecule has 1 aromatic rings. The number of benzene rings is 1. The molecule has 0 spiro atoms. The highest BCUT2D eigenvalue weighted by Crippen LogP contribution is 2.25. The summed E-state index contributed by atoms with van der Waals surface area (Å²) in [5.74, 6) is 0.372. The number of halogens is 3. The summed E-state index contributed by atoms with van der Waals surface area (Å²) in [5.41, 5.74) is 0.743. The van der Waals surface area contributed by atoms with E-state index >= 15 is 0 Å². The van der Waals surface area contributed by atoms with Gasteiger partial charge in [-0.15, -0.1) is 11.6 Å². The van der Waals surface area contributed by atoms with E-state index in [4.69, 9.17) is 27.9 Å². The lowest BCUT2D eigenvalue weighted by Gasteiger charge is -2.07. The van der Waals surface area contributed by atoms with Gasteiger partial charge in [0.15, 0.2) is 0 Å². The monoisotopic (exact) mass is 234 g/mol. The van der Waals surface area contributed by atoms with Crippen LogP contribution in [0, 0.1) is 5.82 Å². The van der Waals surface area contributed by atoms with Gasteiger partial charge < -0.3 is 4.74 Å². The second kappa shape index (κ2) is 5.23. The third-order valence-corrected chi connectivity index (χ3v) is 2.19. The third kappa shape index (κ3) is 3.20. The van der Waals surface area contributed by atoms with Crippen molar-refractivity contribution in [2.75, 3.05) is 12.5 Å². The number of hydrogen-bond donors (Lipinski definition) is 0. The van der Waals surface area contributed by atoms with Crippen LogP contribution in [-0.2, 0) is 0 Å². The van der Waals surface area contributed by atoms with Crippen molar-refractivity contribution in [1.29, 1.82) is 0 Å². The highest BCUT2D eigenvalue weighted by atomic mass is 35.5. The fourth-order valence-electron chi connectivity index (χ4n) is 0.811. The summed E-state index contributed by atoms with van der Waals surface area (Å²) in [7, 11) is 0. The van der Waals surface area contributed by atoms with Crippen LogP contribution < -0.4 is 4.74 Å². The van der Waals surface area contributed by atoms with E-state index in [0.29, 0.717) is 11.6 Å². The Morgan fingerprint density at radius 3 is 2.79 bits per heavy atom. The SMILES string of the molecule is C=C(CCl)COc1ccc(F)cc1Cl. The molecule has 0 aliphatic heterocycles. The van der Waals surface area contributed by atoms with Crippen LogP contribution in [0.1, 0.15) is 0 Å². The Hall–Kier alpha value is -0.730. The van der Waals surface area contributed by atoms with Crippen LogP contribution in [0.25, 0.3) is 0 Å². The van der Waals surface area contributed by atoms with Crippen molar-refractivity contribution >= 4 is 23.2 Å². The van der Waals surface area contributed by atoms with Gasteiger partial charge in [0.05, 0.1) is 5.02 Å². The molecule has 0 radical (unpaired) electrons. The Kier molecular flexibility index (Phi) is 4.23. The van der Waals surface area contributed by atoms with Gasteiger partial charge in [0.25, 0.3) is 0 Å². The zero-order valence-corrected chi connectivity index (χ0v) is 8.91. The van der Waals surface area contributed by atoms with E-state index in [1.54, 1.807) is 0 Å². The van der Waals surface area contributed by atoms with Crippen molar-refractivity contribution in [1.82, 2.24) is 0 Å². The lowest BCUT2D eigenvalue weighted by molar-refractivity contribution is 0.352. The Morgan fingerprint density at radius 1 is 1.50 bits per heavy atom. The topological polar surface area (TPSA) is 9.23 Å². The van der Waals surface area contributed by atoms with Crippen molar-refractivity contribution in [2.45, 2.75) is 0 Å². The summed E-state index contributed by atoms with van der Waals surface area (Å²) in [6, 6.07) is 3.95. The zero-order valence-electron chi connectivity index (χ0n) is 7.40. The van der Waals surface area contributed by atoms with E-state index in [1.807, 2.05) is 0 Å².